The summed E-state index contributed by atoms with van der Waals surface area (Å²) in [5, 5.41) is 0. The second-order valence-electron chi connectivity index (χ2n) is 4.98. The number of fused-ring (bicyclic) bond motifs is 3. The van der Waals surface area contributed by atoms with Crippen LogP contribution in [0.1, 0.15) is 32.1 Å². The molecule has 22 heavy (non-hydrogen) atoms. The van der Waals surface area contributed by atoms with Crippen LogP contribution in [0.2, 0.25) is 0 Å². The number of carbonyl (C=O) groups excluding carboxylic acids is 2. The predicted octanol–water partition coefficient (Wildman–Crippen LogP) is 2.41. The number of ketones is 2. The van der Waals surface area contributed by atoms with Gasteiger partial charge < -0.3 is 4.74 Å². The van der Waals surface area contributed by atoms with E-state index >= 15 is 0 Å². The molecule has 2 aromatic carbocycles. The molecule has 0 bridgehead atoms. The van der Waals surface area contributed by atoms with Crippen molar-refractivity contribution in [1.29, 1.82) is 0 Å². The Morgan fingerprint density at radius 2 is 1.41 bits per heavy atom. The van der Waals surface area contributed by atoms with E-state index in [1.807, 2.05) is 0 Å². The molecule has 0 aliphatic heterocycles. The zero-order valence-corrected chi connectivity index (χ0v) is 11.7. The topological polar surface area (TPSA) is 69.2 Å². The molecule has 0 spiro atoms. The Hall–Kier alpha value is -3.08. The number of nitrogens with zero attached hydrogens (tertiary/aromatic N) is 2. The normalized spacial score (nSPS) is 13.0. The molecule has 1 aliphatic carbocycles. The molecule has 1 aliphatic rings. The first-order chi connectivity index (χ1) is 10.7. The number of hydrogen-bond donors (Lipinski definition) is 0. The molecule has 0 N–H and O–H groups in total. The van der Waals surface area contributed by atoms with Gasteiger partial charge >= 0.3 is 0 Å². The summed E-state index contributed by atoms with van der Waals surface area (Å²) in [6.45, 7) is 0. The highest BCUT2D eigenvalue weighted by atomic mass is 16.5. The van der Waals surface area contributed by atoms with Gasteiger partial charge in [0.15, 0.2) is 0 Å². The lowest BCUT2D eigenvalue weighted by Crippen LogP contribution is -2.23. The average Bonchev–Trinajstić information content (AvgIpc) is 2.58. The van der Waals surface area contributed by atoms with Crippen molar-refractivity contribution in [3.8, 4) is 5.75 Å². The van der Waals surface area contributed by atoms with Crippen LogP contribution >= 0.6 is 0 Å². The highest BCUT2D eigenvalue weighted by Gasteiger charge is 2.32. The lowest BCUT2D eigenvalue weighted by Gasteiger charge is -2.16. The molecule has 5 nitrogen and oxygen atoms in total. The lowest BCUT2D eigenvalue weighted by atomic mass is 9.89. The van der Waals surface area contributed by atoms with Crippen LogP contribution in [-0.2, 0) is 0 Å². The maximum atomic E-state index is 12.6. The monoisotopic (exact) mass is 290 g/mol. The Labute approximate surface area is 125 Å². The Bertz CT molecular complexity index is 963. The minimum Gasteiger partial charge on any atom is -0.497 e. The summed E-state index contributed by atoms with van der Waals surface area (Å²) in [6.07, 6.45) is 0. The first-order valence-electron chi connectivity index (χ1n) is 6.73. The summed E-state index contributed by atoms with van der Waals surface area (Å²) in [7, 11) is 1.55. The fourth-order valence-electron chi connectivity index (χ4n) is 2.61. The Morgan fingerprint density at radius 3 is 2.00 bits per heavy atom. The molecule has 106 valence electrons. The number of benzene rings is 2. The highest BCUT2D eigenvalue weighted by molar-refractivity contribution is 6.27. The lowest BCUT2D eigenvalue weighted by molar-refractivity contribution is 0.0972. The van der Waals surface area contributed by atoms with E-state index in [2.05, 4.69) is 9.97 Å². The van der Waals surface area contributed by atoms with E-state index in [4.69, 9.17) is 4.74 Å². The molecular weight excluding hydrogens is 280 g/mol. The summed E-state index contributed by atoms with van der Waals surface area (Å²) >= 11 is 0. The number of hydrogen-bond acceptors (Lipinski definition) is 5. The van der Waals surface area contributed by atoms with Gasteiger partial charge in [0.1, 0.15) is 17.1 Å². The van der Waals surface area contributed by atoms with E-state index in [1.165, 1.54) is 0 Å². The van der Waals surface area contributed by atoms with Crippen LogP contribution in [0.15, 0.2) is 42.5 Å². The van der Waals surface area contributed by atoms with E-state index in [0.29, 0.717) is 27.9 Å². The van der Waals surface area contributed by atoms with Crippen molar-refractivity contribution in [3.05, 3.63) is 65.0 Å². The van der Waals surface area contributed by atoms with Crippen LogP contribution < -0.4 is 4.74 Å². The van der Waals surface area contributed by atoms with Crippen molar-refractivity contribution in [2.45, 2.75) is 0 Å². The SMILES string of the molecule is COc1ccc2nc3c(nc2c1)C(=O)c1ccccc1C3=O. The van der Waals surface area contributed by atoms with Gasteiger partial charge in [0.25, 0.3) is 0 Å². The highest BCUT2D eigenvalue weighted by Crippen LogP contribution is 2.27. The third kappa shape index (κ3) is 1.65. The van der Waals surface area contributed by atoms with Crippen LogP contribution in [0.3, 0.4) is 0 Å². The predicted molar refractivity (Wildman–Crippen MR) is 79.4 cm³/mol. The van der Waals surface area contributed by atoms with Gasteiger partial charge in [-0.15, -0.1) is 0 Å². The van der Waals surface area contributed by atoms with E-state index < -0.39 is 0 Å². The molecule has 1 aromatic heterocycles. The molecule has 0 unspecified atom stereocenters. The first-order valence-corrected chi connectivity index (χ1v) is 6.73. The minimum atomic E-state index is -0.276. The molecule has 1 heterocycles. The van der Waals surface area contributed by atoms with Crippen molar-refractivity contribution >= 4 is 22.6 Å². The van der Waals surface area contributed by atoms with Crippen LogP contribution in [0.4, 0.5) is 0 Å². The molecule has 3 aromatic rings. The number of aromatic nitrogens is 2. The summed E-state index contributed by atoms with van der Waals surface area (Å²) in [5.41, 5.74) is 2.04. The van der Waals surface area contributed by atoms with E-state index in [9.17, 15) is 9.59 Å². The van der Waals surface area contributed by atoms with Gasteiger partial charge in [0.2, 0.25) is 11.6 Å². The first kappa shape index (κ1) is 12.6. The van der Waals surface area contributed by atoms with Gasteiger partial charge in [-0.05, 0) is 12.1 Å². The summed E-state index contributed by atoms with van der Waals surface area (Å²) in [5.74, 6) is 0.0783. The standard InChI is InChI=1S/C17H10N2O3/c1-22-9-6-7-12-13(8-9)19-15-14(18-12)16(20)10-4-2-3-5-11(10)17(15)21/h2-8H,1H3. The zero-order chi connectivity index (χ0) is 15.3. The molecule has 0 atom stereocenters. The number of rotatable bonds is 1. The minimum absolute atomic E-state index is 0.101. The van der Waals surface area contributed by atoms with Crippen molar-refractivity contribution in [2.75, 3.05) is 7.11 Å². The van der Waals surface area contributed by atoms with E-state index in [1.54, 1.807) is 49.6 Å². The van der Waals surface area contributed by atoms with Gasteiger partial charge in [-0.2, -0.15) is 0 Å². The number of carbonyl (C=O) groups is 2. The number of methoxy groups -OCH3 is 1. The Balaban J connectivity index is 2.01. The Kier molecular flexibility index (Phi) is 2.56. The van der Waals surface area contributed by atoms with Crippen LogP contribution in [0.25, 0.3) is 11.0 Å². The molecule has 0 radical (unpaired) electrons. The quantitative estimate of drug-likeness (QED) is 0.538. The van der Waals surface area contributed by atoms with Gasteiger partial charge in [-0.25, -0.2) is 9.97 Å². The maximum Gasteiger partial charge on any atom is 0.214 e. The summed E-state index contributed by atoms with van der Waals surface area (Å²) in [6, 6.07) is 11.9. The number of ether oxygens (including phenoxy) is 1. The zero-order valence-electron chi connectivity index (χ0n) is 11.7. The molecule has 0 amide bonds. The molecule has 4 rings (SSSR count). The third-order valence-corrected chi connectivity index (χ3v) is 3.72. The second kappa shape index (κ2) is 4.46. The molecular formula is C17H10N2O3. The van der Waals surface area contributed by atoms with Gasteiger partial charge in [0.05, 0.1) is 18.1 Å². The smallest absolute Gasteiger partial charge is 0.214 e. The van der Waals surface area contributed by atoms with Crippen molar-refractivity contribution in [3.63, 3.8) is 0 Å². The summed E-state index contributed by atoms with van der Waals surface area (Å²) in [4.78, 5) is 33.8. The van der Waals surface area contributed by atoms with Crippen LogP contribution in [0, 0.1) is 0 Å². The second-order valence-corrected chi connectivity index (χ2v) is 4.98. The molecule has 0 saturated carbocycles. The van der Waals surface area contributed by atoms with Crippen LogP contribution in [0.5, 0.6) is 5.75 Å². The fraction of sp³-hybridized carbons (Fsp3) is 0.0588. The third-order valence-electron chi connectivity index (χ3n) is 3.72. The van der Waals surface area contributed by atoms with Gasteiger partial charge in [-0.1, -0.05) is 24.3 Å². The van der Waals surface area contributed by atoms with Crippen LogP contribution in [-0.4, -0.2) is 28.6 Å². The molecule has 5 heteroatoms. The molecule has 0 saturated heterocycles. The maximum absolute atomic E-state index is 12.6. The average molecular weight is 290 g/mol. The Morgan fingerprint density at radius 1 is 0.818 bits per heavy atom. The van der Waals surface area contributed by atoms with E-state index in [0.717, 1.165) is 0 Å². The fourth-order valence-corrected chi connectivity index (χ4v) is 2.61. The van der Waals surface area contributed by atoms with E-state index in [-0.39, 0.29) is 23.0 Å². The largest absolute Gasteiger partial charge is 0.497 e. The van der Waals surface area contributed by atoms with Gasteiger partial charge in [-0.3, -0.25) is 9.59 Å². The van der Waals surface area contributed by atoms with Gasteiger partial charge in [0, 0.05) is 17.2 Å². The van der Waals surface area contributed by atoms with Crippen molar-refractivity contribution < 1.29 is 14.3 Å². The molecule has 0 fully saturated rings. The summed E-state index contributed by atoms with van der Waals surface area (Å²) < 4.78 is 5.15. The van der Waals surface area contributed by atoms with Crippen molar-refractivity contribution in [2.24, 2.45) is 0 Å². The van der Waals surface area contributed by atoms with Crippen molar-refractivity contribution in [1.82, 2.24) is 9.97 Å².